The van der Waals surface area contributed by atoms with E-state index in [9.17, 15) is 9.59 Å². The third-order valence-corrected chi connectivity index (χ3v) is 30.5. The summed E-state index contributed by atoms with van der Waals surface area (Å²) in [6.45, 7) is 43.0. The predicted octanol–water partition coefficient (Wildman–Crippen LogP) is 23.7. The number of hydrogen-bond acceptors (Lipinski definition) is 15. The highest BCUT2D eigenvalue weighted by molar-refractivity contribution is 6.35. The van der Waals surface area contributed by atoms with E-state index in [0.717, 1.165) is 172 Å². The van der Waals surface area contributed by atoms with E-state index in [2.05, 4.69) is 291 Å². The van der Waals surface area contributed by atoms with Gasteiger partial charge >= 0.3 is 12.1 Å². The first-order valence-electron chi connectivity index (χ1n) is 52.5. The smallest absolute Gasteiger partial charge is 0.319 e. The molecule has 4 saturated heterocycles. The molecule has 9 aromatic carbocycles. The van der Waals surface area contributed by atoms with Gasteiger partial charge in [0, 0.05) is 211 Å². The minimum absolute atomic E-state index is 0. The number of para-hydroxylation sites is 2. The molecule has 4 atom stereocenters. The van der Waals surface area contributed by atoms with Crippen LogP contribution in [0.2, 0.25) is 10.0 Å². The van der Waals surface area contributed by atoms with Gasteiger partial charge in [-0.05, 0) is 204 Å². The molecule has 0 radical (unpaired) electrons. The van der Waals surface area contributed by atoms with Gasteiger partial charge in [-0.1, -0.05) is 295 Å². The highest BCUT2D eigenvalue weighted by Gasteiger charge is 2.35. The quantitative estimate of drug-likeness (QED) is 0.0228. The molecule has 4 aliphatic heterocycles. The first-order chi connectivity index (χ1) is 67.2. The summed E-state index contributed by atoms with van der Waals surface area (Å²) in [7, 11) is 7.50. The predicted molar refractivity (Wildman–Crippen MR) is 588 cm³/mol. The lowest BCUT2D eigenvalue weighted by Crippen LogP contribution is -2.53. The molecule has 0 aromatic heterocycles. The number of rotatable bonds is 31. The molecule has 6 N–H and O–H groups in total. The van der Waals surface area contributed by atoms with Gasteiger partial charge in [-0.2, -0.15) is 0 Å². The maximum absolute atomic E-state index is 12.8. The monoisotopic (exact) mass is 1930 g/mol. The molecule has 16 rings (SSSR count). The van der Waals surface area contributed by atoms with Crippen molar-refractivity contribution in [1.82, 2.24) is 55.6 Å². The molecule has 7 fully saturated rings. The van der Waals surface area contributed by atoms with E-state index in [1.54, 1.807) is 32.4 Å². The fourth-order valence-electron chi connectivity index (χ4n) is 21.5. The van der Waals surface area contributed by atoms with Gasteiger partial charge < -0.3 is 51.2 Å². The third-order valence-electron chi connectivity index (χ3n) is 30.0. The van der Waals surface area contributed by atoms with Crippen LogP contribution in [0, 0.1) is 0 Å². The highest BCUT2D eigenvalue weighted by Crippen LogP contribution is 2.36. The summed E-state index contributed by atoms with van der Waals surface area (Å²) in [6.07, 6.45) is 22.8. The van der Waals surface area contributed by atoms with Crippen molar-refractivity contribution in [3.8, 4) is 11.5 Å². The molecule has 756 valence electrons. The number of urea groups is 2. The van der Waals surface area contributed by atoms with Crippen LogP contribution in [0.4, 0.5) is 32.3 Å². The Hall–Kier alpha value is -9.06. The van der Waals surface area contributed by atoms with Crippen molar-refractivity contribution in [1.29, 1.82) is 0 Å². The van der Waals surface area contributed by atoms with E-state index >= 15 is 0 Å². The van der Waals surface area contributed by atoms with Gasteiger partial charge in [0.1, 0.15) is 11.5 Å². The summed E-state index contributed by atoms with van der Waals surface area (Å²) in [6, 6.07) is 81.8. The number of anilines is 4. The number of ether oxygens (including phenoxy) is 2. The molecule has 19 nitrogen and oxygen atoms in total. The molecule has 21 heteroatoms. The Morgan fingerprint density at radius 2 is 0.727 bits per heavy atom. The zero-order valence-corrected chi connectivity index (χ0v) is 87.9. The summed E-state index contributed by atoms with van der Waals surface area (Å²) in [4.78, 5) is 48.6. The van der Waals surface area contributed by atoms with E-state index < -0.39 is 0 Å². The number of methoxy groups -OCH3 is 2. The lowest BCUT2D eigenvalue weighted by atomic mass is 9.86. The minimum atomic E-state index is -0.259. The summed E-state index contributed by atoms with van der Waals surface area (Å²) >= 11 is 12.1. The van der Waals surface area contributed by atoms with Gasteiger partial charge in [-0.15, -0.1) is 0 Å². The number of piperazine rings is 4. The van der Waals surface area contributed by atoms with Crippen LogP contribution in [0.5, 0.6) is 11.5 Å². The molecule has 7 aliphatic rings. The Labute approximate surface area is 848 Å². The Kier molecular flexibility index (Phi) is 41.6. The van der Waals surface area contributed by atoms with Crippen LogP contribution in [0.1, 0.15) is 236 Å². The van der Waals surface area contributed by atoms with Crippen molar-refractivity contribution < 1.29 is 21.9 Å². The van der Waals surface area contributed by atoms with E-state index in [4.69, 9.17) is 32.7 Å². The molecule has 9 aromatic rings. The molecule has 139 heavy (non-hydrogen) atoms. The van der Waals surface area contributed by atoms with Crippen LogP contribution in [0.15, 0.2) is 224 Å². The van der Waals surface area contributed by atoms with E-state index in [1.807, 2.05) is 67.5 Å². The van der Waals surface area contributed by atoms with Gasteiger partial charge in [-0.3, -0.25) is 34.3 Å². The Balaban J connectivity index is 0.000000179. The summed E-state index contributed by atoms with van der Waals surface area (Å²) in [5, 5.41) is 20.6. The van der Waals surface area contributed by atoms with Crippen molar-refractivity contribution in [3.05, 3.63) is 285 Å². The van der Waals surface area contributed by atoms with E-state index in [-0.39, 0.29) is 43.2 Å². The maximum atomic E-state index is 12.8. The second-order valence-electron chi connectivity index (χ2n) is 42.9. The second kappa shape index (κ2) is 53.9. The lowest BCUT2D eigenvalue weighted by Gasteiger charge is -2.43. The molecule has 3 saturated carbocycles. The van der Waals surface area contributed by atoms with Gasteiger partial charge in [0.2, 0.25) is 0 Å². The molecule has 4 heterocycles. The normalized spacial score (nSPS) is 18.4. The van der Waals surface area contributed by atoms with Crippen LogP contribution in [0.25, 0.3) is 0 Å². The first-order valence-corrected chi connectivity index (χ1v) is 53.3. The number of nitrogens with one attached hydrogen (secondary N) is 6. The van der Waals surface area contributed by atoms with E-state index in [0.29, 0.717) is 40.9 Å². The number of carbonyl (C=O) groups excluding carboxylic acids is 2. The summed E-state index contributed by atoms with van der Waals surface area (Å²) < 4.78 is 10.8. The Morgan fingerprint density at radius 1 is 0.374 bits per heavy atom. The highest BCUT2D eigenvalue weighted by atomic mass is 35.5. The molecule has 0 spiro atoms. The molecule has 3 aliphatic carbocycles. The maximum Gasteiger partial charge on any atom is 0.319 e. The fraction of sp³-hybridized carbons (Fsp3) is 0.525. The molecule has 4 unspecified atom stereocenters. The van der Waals surface area contributed by atoms with Gasteiger partial charge in [0.05, 0.1) is 26.3 Å². The number of benzene rings is 9. The summed E-state index contributed by atoms with van der Waals surface area (Å²) in [5.74, 6) is 1.90. The van der Waals surface area contributed by atoms with Crippen molar-refractivity contribution in [3.63, 3.8) is 0 Å². The SMILES string of the molecule is CN(C)c1ccc(NC(=O)NCC(c2ccc(C(C)(C)C)cc2)N2CCN(C3CCCCC3)CC2)cc1.COc1ccc(CCNCC(c2ccc(C(C)(C)C)cc2)N2CCN(c3ccccc3)CC2)cc1.COc1ccccc1CCNCC(c1ccc(C(C)(C)C)cc1)N1CCN(C2CCCCC2)CC1.O=C(NCC(c1ccccc1)N1CCN(C2CCCCC2)CC1)Nc1cc(Cl)cc(Cl)c1.[HH].[HH]. The van der Waals surface area contributed by atoms with Crippen molar-refractivity contribution in [2.45, 2.75) is 230 Å². The molecule has 0 bridgehead atoms. The van der Waals surface area contributed by atoms with Gasteiger partial charge in [0.25, 0.3) is 0 Å². The number of amides is 4. The Bertz CT molecular complexity index is 5040. The van der Waals surface area contributed by atoms with Crippen LogP contribution in [0.3, 0.4) is 0 Å². The zero-order valence-electron chi connectivity index (χ0n) is 86.4. The number of halogens is 2. The van der Waals surface area contributed by atoms with Crippen molar-refractivity contribution >= 4 is 58.0 Å². The first kappa shape index (κ1) is 107. The summed E-state index contributed by atoms with van der Waals surface area (Å²) in [5.41, 5.74) is 16.4. The van der Waals surface area contributed by atoms with E-state index in [1.165, 1.54) is 165 Å². The number of carbonyl (C=O) groups is 2. The molecular formula is C118H171Cl2N15O4. The van der Waals surface area contributed by atoms with Crippen LogP contribution < -0.4 is 51.2 Å². The van der Waals surface area contributed by atoms with Crippen LogP contribution in [-0.4, -0.2) is 237 Å². The average molecular weight is 1930 g/mol. The number of nitrogens with zero attached hydrogens (tertiary/aromatic N) is 9. The largest absolute Gasteiger partial charge is 0.497 e. The Morgan fingerprint density at radius 3 is 1.11 bits per heavy atom. The van der Waals surface area contributed by atoms with Crippen molar-refractivity contribution in [2.75, 3.05) is 193 Å². The standard InChI is InChI=1S/C31H47N5O.C31H47N3O.C31H41N3O.C25H32Cl2N4O.2H2/c1-31(2,3)25-13-11-24(12-14-25)29(36-21-19-35(20-22-36)28-9-7-6-8-10-28)23-32-30(37)33-26-15-17-27(18-16-26)34(4)5;1-31(2,3)27-16-14-25(15-17-27)29(24-32-19-18-26-10-8-9-13-30(26)35-4)34-22-20-33(21-23-34)28-11-6-5-7-12-28;1-31(2,3)27-14-12-26(13-15-27)30(24-32-19-18-25-10-16-29(35-4)17-11-25)34-22-20-33(21-23-34)28-8-6-5-7-9-28;26-20-15-21(27)17-22(16-20)29-25(32)28-18-24(19-7-3-1-4-8-19)31-13-11-30(12-14-31)23-9-5-2-6-10-23;;/h11-18,28-29H,6-10,19-23H2,1-5H3,(H2,32,33,37);8-10,13-17,28-29,32H,5-7,11-12,18-24H2,1-4H3;5-17,30,32H,18-24H2,1-4H3;1,3-4,7-8,15-17,23-24H,2,5-6,9-14,18H2,(H2,28,29,32);2*1H. The zero-order chi connectivity index (χ0) is 98.1. The van der Waals surface area contributed by atoms with Crippen molar-refractivity contribution in [2.24, 2.45) is 0 Å². The van der Waals surface area contributed by atoms with Gasteiger partial charge in [-0.25, -0.2) is 9.59 Å². The average Bonchev–Trinajstić information content (AvgIpc) is 0.812. The van der Waals surface area contributed by atoms with Crippen LogP contribution >= 0.6 is 23.2 Å². The fourth-order valence-corrected chi connectivity index (χ4v) is 22.0. The number of hydrogen-bond donors (Lipinski definition) is 6. The van der Waals surface area contributed by atoms with Crippen LogP contribution in [-0.2, 0) is 29.1 Å². The second-order valence-corrected chi connectivity index (χ2v) is 43.8. The molecule has 4 amide bonds. The topological polar surface area (TPSA) is 154 Å². The molecular weight excluding hydrogens is 1760 g/mol. The van der Waals surface area contributed by atoms with Gasteiger partial charge in [0.15, 0.2) is 0 Å². The lowest BCUT2D eigenvalue weighted by molar-refractivity contribution is 0.0559. The minimum Gasteiger partial charge on any atom is -0.497 e. The third kappa shape index (κ3) is 33.3.